The highest BCUT2D eigenvalue weighted by molar-refractivity contribution is 6.39. The van der Waals surface area contributed by atoms with Crippen molar-refractivity contribution in [2.45, 2.75) is 65.1 Å². The molecule has 0 saturated carbocycles. The number of ketones is 2. The third kappa shape index (κ3) is 17.9. The van der Waals surface area contributed by atoms with Gasteiger partial charge in [0.15, 0.2) is 0 Å². The number of fused-ring (bicyclic) bond motifs is 5. The zero-order valence-electron chi connectivity index (χ0n) is 37.0. The highest BCUT2D eigenvalue weighted by atomic mass is 16.6. The quantitative estimate of drug-likeness (QED) is 0.0579. The number of amides is 2. The van der Waals surface area contributed by atoms with E-state index in [9.17, 15) is 19.2 Å². The van der Waals surface area contributed by atoms with Gasteiger partial charge in [-0.25, -0.2) is 4.68 Å². The first kappa shape index (κ1) is 51.1. The van der Waals surface area contributed by atoms with Crippen LogP contribution in [0.2, 0.25) is 0 Å². The normalized spacial score (nSPS) is 12.6. The molecule has 3 aromatic rings. The van der Waals surface area contributed by atoms with Crippen molar-refractivity contribution in [3.8, 4) is 22.5 Å². The third-order valence-electron chi connectivity index (χ3n) is 10.0. The monoisotopic (exact) mass is 881 g/mol. The van der Waals surface area contributed by atoms with E-state index in [2.05, 4.69) is 15.6 Å². The lowest BCUT2D eigenvalue weighted by Crippen LogP contribution is -2.40. The number of nitrogens with zero attached hydrogens (tertiary/aromatic N) is 4. The Labute approximate surface area is 370 Å². The predicted molar refractivity (Wildman–Crippen MR) is 236 cm³/mol. The second kappa shape index (κ2) is 29.8. The smallest absolute Gasteiger partial charge is 0.227 e. The number of hydrogen-bond donors (Lipinski definition) is 3. The van der Waals surface area contributed by atoms with Crippen LogP contribution in [-0.2, 0) is 65.4 Å². The summed E-state index contributed by atoms with van der Waals surface area (Å²) in [6, 6.07) is 15.0. The van der Waals surface area contributed by atoms with E-state index in [0.717, 1.165) is 28.1 Å². The molecule has 0 saturated heterocycles. The number of ether oxygens (including phenoxy) is 7. The van der Waals surface area contributed by atoms with Gasteiger partial charge in [0.25, 0.3) is 0 Å². The molecule has 5 N–H and O–H groups in total. The second-order valence-corrected chi connectivity index (χ2v) is 15.1. The summed E-state index contributed by atoms with van der Waals surface area (Å²) in [6.07, 6.45) is 1.72. The first-order chi connectivity index (χ1) is 30.7. The molecule has 0 radical (unpaired) electrons. The first-order valence-electron chi connectivity index (χ1n) is 22.0. The van der Waals surface area contributed by atoms with Gasteiger partial charge in [-0.1, -0.05) is 61.5 Å². The lowest BCUT2D eigenvalue weighted by molar-refractivity contribution is -0.138. The van der Waals surface area contributed by atoms with Crippen molar-refractivity contribution in [2.75, 3.05) is 110 Å². The fourth-order valence-corrected chi connectivity index (χ4v) is 6.56. The molecule has 2 aromatic carbocycles. The minimum absolute atomic E-state index is 0.000945. The lowest BCUT2D eigenvalue weighted by Gasteiger charge is -2.28. The number of nitrogens with one attached hydrogen (secondary N) is 1. The van der Waals surface area contributed by atoms with E-state index >= 15 is 0 Å². The summed E-state index contributed by atoms with van der Waals surface area (Å²) >= 11 is 0. The number of anilines is 1. The van der Waals surface area contributed by atoms with E-state index < -0.39 is 17.6 Å². The van der Waals surface area contributed by atoms with Gasteiger partial charge < -0.3 is 54.8 Å². The Kier molecular flexibility index (Phi) is 24.2. The van der Waals surface area contributed by atoms with Gasteiger partial charge in [-0.2, -0.15) is 0 Å². The van der Waals surface area contributed by atoms with Gasteiger partial charge >= 0.3 is 0 Å². The van der Waals surface area contributed by atoms with Gasteiger partial charge in [0.05, 0.1) is 123 Å². The van der Waals surface area contributed by atoms with E-state index in [1.807, 2.05) is 58.1 Å². The molecule has 63 heavy (non-hydrogen) atoms. The number of rotatable bonds is 34. The fraction of sp³-hybridized carbons (Fsp3) is 0.600. The van der Waals surface area contributed by atoms with E-state index in [1.54, 1.807) is 13.8 Å². The standard InChI is InChI=1S/C45H67N7O11/c1-34(2)42(47)45(56)39(53)15-19-57-23-27-61-31-32-63-29-25-59-21-17-48-40(54)13-7-8-14-41(55)51-33-35-9-3-4-10-36(35)44-43(37-11-5-6-12-38(37)51)49-50-52(44)18-22-60-26-30-62-28-24-58-20-16-46/h3-6,9-12,34,42H,7-8,13-33,46-47H2,1-2H3,(H,48,54)/t42-/m0/s1. The Morgan fingerprint density at radius 3 is 1.89 bits per heavy atom. The molecule has 0 aliphatic carbocycles. The van der Waals surface area contributed by atoms with Crippen molar-refractivity contribution in [3.05, 3.63) is 54.1 Å². The van der Waals surface area contributed by atoms with Gasteiger partial charge in [0.1, 0.15) is 5.69 Å². The SMILES string of the molecule is CC(C)[C@H](N)C(=O)C(=O)CCOCCOCCOCCOCCNC(=O)CCCCC(=O)N1Cc2ccccc2-c2c(nnn2CCOCCOCCOCCN)-c2ccccc21. The van der Waals surface area contributed by atoms with Crippen molar-refractivity contribution in [1.29, 1.82) is 0 Å². The zero-order chi connectivity index (χ0) is 45.1. The average molecular weight is 882 g/mol. The van der Waals surface area contributed by atoms with Crippen LogP contribution in [0.4, 0.5) is 5.69 Å². The van der Waals surface area contributed by atoms with Crippen LogP contribution in [0.1, 0.15) is 51.5 Å². The van der Waals surface area contributed by atoms with Crippen molar-refractivity contribution in [1.82, 2.24) is 20.3 Å². The van der Waals surface area contributed by atoms with Crippen LogP contribution in [0.25, 0.3) is 22.5 Å². The number of carbonyl (C=O) groups excluding carboxylic acids is 4. The molecule has 1 aromatic heterocycles. The van der Waals surface area contributed by atoms with Crippen LogP contribution in [0.5, 0.6) is 0 Å². The van der Waals surface area contributed by atoms with Gasteiger partial charge in [-0.05, 0) is 30.4 Å². The molecule has 2 heterocycles. The molecule has 1 aliphatic heterocycles. The molecule has 0 fully saturated rings. The maximum atomic E-state index is 13.9. The zero-order valence-corrected chi connectivity index (χ0v) is 37.0. The summed E-state index contributed by atoms with van der Waals surface area (Å²) < 4.78 is 40.4. The Hall–Kier alpha value is -4.50. The van der Waals surface area contributed by atoms with Gasteiger partial charge in [0, 0.05) is 43.5 Å². The van der Waals surface area contributed by atoms with Crippen molar-refractivity contribution in [2.24, 2.45) is 17.4 Å². The molecule has 1 atom stereocenters. The van der Waals surface area contributed by atoms with E-state index in [4.69, 9.17) is 44.6 Å². The minimum atomic E-state index is -0.779. The molecule has 0 bridgehead atoms. The van der Waals surface area contributed by atoms with Crippen LogP contribution < -0.4 is 21.7 Å². The number of para-hydroxylation sites is 1. The number of hydrogen-bond acceptors (Lipinski definition) is 15. The van der Waals surface area contributed by atoms with E-state index in [0.29, 0.717) is 137 Å². The molecule has 1 aliphatic rings. The number of Topliss-reactive ketones (excluding diaryl/α,β-unsaturated/α-hetero) is 2. The van der Waals surface area contributed by atoms with Gasteiger partial charge in [0.2, 0.25) is 23.4 Å². The molecule has 18 heteroatoms. The maximum Gasteiger partial charge on any atom is 0.227 e. The maximum absolute atomic E-state index is 13.9. The van der Waals surface area contributed by atoms with E-state index in [1.165, 1.54) is 0 Å². The van der Waals surface area contributed by atoms with Gasteiger partial charge in [-0.15, -0.1) is 5.10 Å². The van der Waals surface area contributed by atoms with Crippen LogP contribution in [0, 0.1) is 5.92 Å². The van der Waals surface area contributed by atoms with Crippen molar-refractivity contribution < 1.29 is 52.3 Å². The largest absolute Gasteiger partial charge is 0.379 e. The number of unbranched alkanes of at least 4 members (excludes halogenated alkanes) is 1. The summed E-state index contributed by atoms with van der Waals surface area (Å²) in [4.78, 5) is 52.0. The van der Waals surface area contributed by atoms with Crippen molar-refractivity contribution in [3.63, 3.8) is 0 Å². The molecular formula is C45H67N7O11. The summed E-state index contributed by atoms with van der Waals surface area (Å²) in [7, 11) is 0. The van der Waals surface area contributed by atoms with Crippen molar-refractivity contribution >= 4 is 29.1 Å². The van der Waals surface area contributed by atoms with Crippen LogP contribution in [0.15, 0.2) is 48.5 Å². The lowest BCUT2D eigenvalue weighted by atomic mass is 9.95. The van der Waals surface area contributed by atoms with Crippen LogP contribution in [0.3, 0.4) is 0 Å². The summed E-state index contributed by atoms with van der Waals surface area (Å²) in [6.45, 7) is 10.8. The minimum Gasteiger partial charge on any atom is -0.379 e. The summed E-state index contributed by atoms with van der Waals surface area (Å²) in [5.74, 6) is -1.30. The van der Waals surface area contributed by atoms with Crippen LogP contribution in [-0.4, -0.2) is 150 Å². The second-order valence-electron chi connectivity index (χ2n) is 15.1. The molecular weight excluding hydrogens is 815 g/mol. The molecule has 18 nitrogen and oxygen atoms in total. The molecule has 4 rings (SSSR count). The molecule has 0 spiro atoms. The topological polar surface area (TPSA) is 231 Å². The Morgan fingerprint density at radius 1 is 0.683 bits per heavy atom. The van der Waals surface area contributed by atoms with Crippen LogP contribution >= 0.6 is 0 Å². The Morgan fingerprint density at radius 2 is 1.24 bits per heavy atom. The highest BCUT2D eigenvalue weighted by Gasteiger charge is 2.29. The number of carbonyl (C=O) groups is 4. The summed E-state index contributed by atoms with van der Waals surface area (Å²) in [5.41, 5.74) is 16.2. The summed E-state index contributed by atoms with van der Waals surface area (Å²) in [5, 5.41) is 12.0. The van der Waals surface area contributed by atoms with E-state index in [-0.39, 0.29) is 37.2 Å². The number of benzene rings is 2. The molecule has 0 unspecified atom stereocenters. The number of aromatic nitrogens is 3. The number of nitrogens with two attached hydrogens (primary N) is 2. The third-order valence-corrected chi connectivity index (χ3v) is 10.0. The predicted octanol–water partition coefficient (Wildman–Crippen LogP) is 2.72. The average Bonchev–Trinajstić information content (AvgIpc) is 3.70. The molecule has 2 amide bonds. The highest BCUT2D eigenvalue weighted by Crippen LogP contribution is 2.41. The Balaban J connectivity index is 1.09. The fourth-order valence-electron chi connectivity index (χ4n) is 6.56. The molecule has 348 valence electrons. The Bertz CT molecular complexity index is 1830. The first-order valence-corrected chi connectivity index (χ1v) is 22.0. The van der Waals surface area contributed by atoms with Gasteiger partial charge in [-0.3, -0.25) is 19.2 Å².